The van der Waals surface area contributed by atoms with Crippen molar-refractivity contribution < 1.29 is 23.8 Å². The van der Waals surface area contributed by atoms with E-state index in [1.54, 1.807) is 11.0 Å². The van der Waals surface area contributed by atoms with Gasteiger partial charge in [-0.25, -0.2) is 9.59 Å². The molecule has 6 heteroatoms. The summed E-state index contributed by atoms with van der Waals surface area (Å²) in [4.78, 5) is 26.1. The third-order valence-corrected chi connectivity index (χ3v) is 4.64. The lowest BCUT2D eigenvalue weighted by atomic mass is 9.98. The van der Waals surface area contributed by atoms with E-state index in [0.717, 1.165) is 30.6 Å². The first kappa shape index (κ1) is 18.5. The van der Waals surface area contributed by atoms with Gasteiger partial charge >= 0.3 is 12.1 Å². The molecule has 0 unspecified atom stereocenters. The van der Waals surface area contributed by atoms with Crippen molar-refractivity contribution in [1.29, 1.82) is 0 Å². The maximum absolute atomic E-state index is 12.3. The maximum atomic E-state index is 12.3. The first-order valence-electron chi connectivity index (χ1n) is 9.22. The summed E-state index contributed by atoms with van der Waals surface area (Å²) in [5.41, 5.74) is 1.15. The lowest BCUT2D eigenvalue weighted by molar-refractivity contribution is 0.0115. The number of hydrogen-bond donors (Lipinski definition) is 0. The first-order valence-corrected chi connectivity index (χ1v) is 9.22. The summed E-state index contributed by atoms with van der Waals surface area (Å²) in [6.07, 6.45) is 2.18. The Balaban J connectivity index is 1.44. The minimum absolute atomic E-state index is 0.270. The summed E-state index contributed by atoms with van der Waals surface area (Å²) >= 11 is 0. The molecule has 1 saturated heterocycles. The van der Waals surface area contributed by atoms with Gasteiger partial charge in [0.1, 0.15) is 11.4 Å². The Morgan fingerprint density at radius 1 is 1.23 bits per heavy atom. The molecule has 0 radical (unpaired) electrons. The van der Waals surface area contributed by atoms with Crippen molar-refractivity contribution in [2.45, 2.75) is 45.6 Å². The summed E-state index contributed by atoms with van der Waals surface area (Å²) in [6.45, 7) is 7.91. The Bertz CT molecular complexity index is 671. The highest BCUT2D eigenvalue weighted by Gasteiger charge is 2.27. The second-order valence-corrected chi connectivity index (χ2v) is 7.93. The van der Waals surface area contributed by atoms with Crippen LogP contribution in [0.3, 0.4) is 0 Å². The summed E-state index contributed by atoms with van der Waals surface area (Å²) in [5, 5.41) is 0. The average Bonchev–Trinajstić information content (AvgIpc) is 3.06. The van der Waals surface area contributed by atoms with E-state index in [9.17, 15) is 9.59 Å². The van der Waals surface area contributed by atoms with Crippen LogP contribution in [0.4, 0.5) is 4.79 Å². The minimum atomic E-state index is -0.482. The molecule has 0 N–H and O–H groups in total. The van der Waals surface area contributed by atoms with Gasteiger partial charge in [-0.05, 0) is 63.3 Å². The van der Waals surface area contributed by atoms with Crippen LogP contribution in [0.2, 0.25) is 0 Å². The van der Waals surface area contributed by atoms with Crippen LogP contribution in [0.15, 0.2) is 18.2 Å². The van der Waals surface area contributed by atoms with Crippen LogP contribution in [-0.2, 0) is 15.9 Å². The van der Waals surface area contributed by atoms with E-state index in [2.05, 4.69) is 0 Å². The monoisotopic (exact) mass is 361 g/mol. The van der Waals surface area contributed by atoms with Crippen LogP contribution < -0.4 is 4.74 Å². The van der Waals surface area contributed by atoms with Gasteiger partial charge in [-0.15, -0.1) is 0 Å². The molecule has 2 aliphatic heterocycles. The number of benzene rings is 1. The van der Waals surface area contributed by atoms with Gasteiger partial charge in [0.15, 0.2) is 0 Å². The molecule has 0 spiro atoms. The highest BCUT2D eigenvalue weighted by Crippen LogP contribution is 2.26. The van der Waals surface area contributed by atoms with Crippen molar-refractivity contribution in [1.82, 2.24) is 4.90 Å². The predicted molar refractivity (Wildman–Crippen MR) is 96.5 cm³/mol. The molecule has 0 aliphatic carbocycles. The fourth-order valence-electron chi connectivity index (χ4n) is 3.20. The molecule has 1 aromatic rings. The van der Waals surface area contributed by atoms with Crippen LogP contribution in [0.1, 0.15) is 49.5 Å². The number of nitrogens with zero attached hydrogens (tertiary/aromatic N) is 1. The van der Waals surface area contributed by atoms with Gasteiger partial charge in [0.05, 0.1) is 18.8 Å². The quantitative estimate of drug-likeness (QED) is 0.772. The highest BCUT2D eigenvalue weighted by molar-refractivity contribution is 5.90. The second-order valence-electron chi connectivity index (χ2n) is 7.93. The summed E-state index contributed by atoms with van der Waals surface area (Å²) in [6, 6.07) is 5.44. The molecule has 0 atom stereocenters. The van der Waals surface area contributed by atoms with Gasteiger partial charge in [-0.1, -0.05) is 0 Å². The number of ether oxygens (including phenoxy) is 3. The fraction of sp³-hybridized carbons (Fsp3) is 0.600. The van der Waals surface area contributed by atoms with E-state index in [0.29, 0.717) is 31.9 Å². The SMILES string of the molecule is CC(C)(C)OC(=O)N1CCC(COC(=O)c2ccc3c(c2)CCO3)CC1. The number of hydrogen-bond acceptors (Lipinski definition) is 5. The zero-order valence-electron chi connectivity index (χ0n) is 15.7. The third kappa shape index (κ3) is 4.68. The second kappa shape index (κ2) is 7.56. The van der Waals surface area contributed by atoms with Crippen molar-refractivity contribution in [3.05, 3.63) is 29.3 Å². The van der Waals surface area contributed by atoms with Crippen LogP contribution in [0.5, 0.6) is 5.75 Å². The smallest absolute Gasteiger partial charge is 0.410 e. The Kier molecular flexibility index (Phi) is 5.39. The van der Waals surface area contributed by atoms with Gasteiger partial charge < -0.3 is 19.1 Å². The van der Waals surface area contributed by atoms with E-state index >= 15 is 0 Å². The number of esters is 1. The third-order valence-electron chi connectivity index (χ3n) is 4.64. The number of carbonyl (C=O) groups excluding carboxylic acids is 2. The molecule has 1 amide bonds. The molecule has 2 aliphatic rings. The highest BCUT2D eigenvalue weighted by atomic mass is 16.6. The van der Waals surface area contributed by atoms with E-state index in [1.165, 1.54) is 0 Å². The molecule has 1 aromatic carbocycles. The average molecular weight is 361 g/mol. The van der Waals surface area contributed by atoms with Crippen molar-refractivity contribution in [2.75, 3.05) is 26.3 Å². The van der Waals surface area contributed by atoms with Gasteiger partial charge in [-0.3, -0.25) is 0 Å². The van der Waals surface area contributed by atoms with E-state index in [4.69, 9.17) is 14.2 Å². The maximum Gasteiger partial charge on any atom is 0.410 e. The molecule has 6 nitrogen and oxygen atoms in total. The Morgan fingerprint density at radius 2 is 1.96 bits per heavy atom. The van der Waals surface area contributed by atoms with Gasteiger partial charge in [0.2, 0.25) is 0 Å². The molecule has 1 fully saturated rings. The number of likely N-dealkylation sites (tertiary alicyclic amines) is 1. The number of carbonyl (C=O) groups is 2. The van der Waals surface area contributed by atoms with Gasteiger partial charge in [-0.2, -0.15) is 0 Å². The molecule has 0 saturated carbocycles. The molecule has 0 aromatic heterocycles. The molecule has 26 heavy (non-hydrogen) atoms. The number of amides is 1. The molecule has 0 bridgehead atoms. The lowest BCUT2D eigenvalue weighted by Gasteiger charge is -2.33. The van der Waals surface area contributed by atoms with Gasteiger partial charge in [0, 0.05) is 19.5 Å². The molecular weight excluding hydrogens is 334 g/mol. The molecule has 3 rings (SSSR count). The van der Waals surface area contributed by atoms with E-state index in [-0.39, 0.29) is 18.0 Å². The molecular formula is C20H27NO5. The van der Waals surface area contributed by atoms with Crippen LogP contribution in [-0.4, -0.2) is 48.9 Å². The van der Waals surface area contributed by atoms with Crippen LogP contribution >= 0.6 is 0 Å². The van der Waals surface area contributed by atoms with E-state index in [1.807, 2.05) is 32.9 Å². The van der Waals surface area contributed by atoms with Gasteiger partial charge in [0.25, 0.3) is 0 Å². The van der Waals surface area contributed by atoms with Crippen molar-refractivity contribution in [2.24, 2.45) is 5.92 Å². The van der Waals surface area contributed by atoms with Crippen LogP contribution in [0, 0.1) is 5.92 Å². The first-order chi connectivity index (χ1) is 12.3. The minimum Gasteiger partial charge on any atom is -0.493 e. The summed E-state index contributed by atoms with van der Waals surface area (Å²) in [7, 11) is 0. The Labute approximate surface area is 154 Å². The van der Waals surface area contributed by atoms with Crippen molar-refractivity contribution in [3.63, 3.8) is 0 Å². The Morgan fingerprint density at radius 3 is 2.65 bits per heavy atom. The van der Waals surface area contributed by atoms with Crippen molar-refractivity contribution >= 4 is 12.1 Å². The zero-order valence-corrected chi connectivity index (χ0v) is 15.7. The number of piperidine rings is 1. The largest absolute Gasteiger partial charge is 0.493 e. The topological polar surface area (TPSA) is 65.1 Å². The summed E-state index contributed by atoms with van der Waals surface area (Å²) < 4.78 is 16.3. The zero-order chi connectivity index (χ0) is 18.7. The number of fused-ring (bicyclic) bond motifs is 1. The number of rotatable bonds is 3. The standard InChI is InChI=1S/C20H27NO5/c1-20(2,3)26-19(23)21-9-6-14(7-10-21)13-25-18(22)16-4-5-17-15(12-16)8-11-24-17/h4-5,12,14H,6-11,13H2,1-3H3. The predicted octanol–water partition coefficient (Wildman–Crippen LogP) is 3.43. The van der Waals surface area contributed by atoms with E-state index < -0.39 is 5.60 Å². The summed E-state index contributed by atoms with van der Waals surface area (Å²) in [5.74, 6) is 0.834. The van der Waals surface area contributed by atoms with Crippen molar-refractivity contribution in [3.8, 4) is 5.75 Å². The normalized spacial score (nSPS) is 17.4. The lowest BCUT2D eigenvalue weighted by Crippen LogP contribution is -2.42. The van der Waals surface area contributed by atoms with Crippen LogP contribution in [0.25, 0.3) is 0 Å². The molecule has 2 heterocycles. The fourth-order valence-corrected chi connectivity index (χ4v) is 3.20. The molecule has 142 valence electrons. The Hall–Kier alpha value is -2.24.